The normalized spacial score (nSPS) is 13.2. The summed E-state index contributed by atoms with van der Waals surface area (Å²) in [5.41, 5.74) is -14.3. The van der Waals surface area contributed by atoms with Crippen molar-refractivity contribution in [1.82, 2.24) is 0 Å². The number of benzene rings is 4. The minimum absolute atomic E-state index is 1.12. The van der Waals surface area contributed by atoms with Crippen LogP contribution in [0.2, 0.25) is 0 Å². The molecule has 5 rings (SSSR count). The zero-order chi connectivity index (χ0) is 37.9. The van der Waals surface area contributed by atoms with E-state index in [-0.39, 0.29) is 0 Å². The van der Waals surface area contributed by atoms with Gasteiger partial charge in [0.25, 0.3) is 0 Å². The van der Waals surface area contributed by atoms with Gasteiger partial charge in [-0.3, -0.25) is 0 Å². The molecule has 0 atom stereocenters. The van der Waals surface area contributed by atoms with Crippen LogP contribution in [0.15, 0.2) is 0 Å². The molecule has 0 aliphatic carbocycles. The van der Waals surface area contributed by atoms with Gasteiger partial charge in [-0.25, -0.2) is 87.8 Å². The lowest BCUT2D eigenvalue weighted by Gasteiger charge is -2.44. The first-order valence-electron chi connectivity index (χ1n) is 13.1. The summed E-state index contributed by atoms with van der Waals surface area (Å²) in [7, 11) is 0. The summed E-state index contributed by atoms with van der Waals surface area (Å²) >= 11 is 0. The van der Waals surface area contributed by atoms with Crippen molar-refractivity contribution in [3.05, 3.63) is 116 Å². The highest BCUT2D eigenvalue weighted by Gasteiger charge is 2.52. The van der Waals surface area contributed by atoms with E-state index in [1.54, 1.807) is 0 Å². The first kappa shape index (κ1) is 38.3. The highest BCUT2D eigenvalue weighted by Crippen LogP contribution is 2.30. The molecule has 0 aromatic heterocycles. The third-order valence-corrected chi connectivity index (χ3v) is 7.59. The summed E-state index contributed by atoms with van der Waals surface area (Å²) < 4.78 is 298. The summed E-state index contributed by atoms with van der Waals surface area (Å²) in [6, 6.07) is 0. The molecule has 0 unspecified atom stereocenters. The maximum Gasteiger partial charge on any atom is 0.200 e. The standard InChI is InChI=1S/C24BF20.C4H8O/c26-5-1(6(27)14(35)21(42)13(5)34)25(2-7(28)15(36)22(43)16(37)8(2)29,3-9(30)17(38)23(44)18(39)10(3)31)4-11(32)19(40)24(45)20(41)12(4)33;1-2-4-5-3-1/h;1-4H2/q-1;/p+1. The monoisotopic (exact) mass is 752 g/mol. The molecule has 0 bridgehead atoms. The molecular formula is C28H9BF20O. The van der Waals surface area contributed by atoms with E-state index in [1.165, 1.54) is 12.8 Å². The summed E-state index contributed by atoms with van der Waals surface area (Å²) in [5, 5.41) is 0. The second-order valence-electron chi connectivity index (χ2n) is 10.2. The summed E-state index contributed by atoms with van der Waals surface area (Å²) in [5.74, 6) is -71.4. The third-order valence-electron chi connectivity index (χ3n) is 7.59. The zero-order valence-corrected chi connectivity index (χ0v) is 23.4. The van der Waals surface area contributed by atoms with Gasteiger partial charge in [0.05, 0.1) is 0 Å². The van der Waals surface area contributed by atoms with Crippen molar-refractivity contribution in [3.63, 3.8) is 0 Å². The molecule has 1 aliphatic heterocycles. The Balaban J connectivity index is 0.00000103. The average Bonchev–Trinajstić information content (AvgIpc) is 3.69. The van der Waals surface area contributed by atoms with Crippen molar-refractivity contribution in [2.45, 2.75) is 12.8 Å². The topological polar surface area (TPSA) is 12.8 Å². The number of ether oxygens (including phenoxy) is 1. The number of aliphatic hydroxyl groups is 2. The van der Waals surface area contributed by atoms with Crippen LogP contribution in [0.25, 0.3) is 0 Å². The number of rotatable bonds is 4. The Kier molecular flexibility index (Phi) is 10.5. The van der Waals surface area contributed by atoms with Crippen LogP contribution in [-0.2, 0) is 0 Å². The van der Waals surface area contributed by atoms with Gasteiger partial charge in [-0.2, -0.15) is 0 Å². The molecule has 1 aliphatic rings. The summed E-state index contributed by atoms with van der Waals surface area (Å²) in [6.07, 6.45) is -4.55. The molecule has 0 amide bonds. The van der Waals surface area contributed by atoms with E-state index < -0.39 is 144 Å². The second kappa shape index (κ2) is 13.7. The quantitative estimate of drug-likeness (QED) is 0.0781. The van der Waals surface area contributed by atoms with Gasteiger partial charge < -0.3 is 4.74 Å². The smallest absolute Gasteiger partial charge is 0.200 e. The van der Waals surface area contributed by atoms with Gasteiger partial charge in [-0.15, -0.1) is 21.9 Å². The van der Waals surface area contributed by atoms with Crippen LogP contribution in [0.5, 0.6) is 0 Å². The van der Waals surface area contributed by atoms with Gasteiger partial charge in [-0.05, 0) is 0 Å². The number of hydrogen-bond donors (Lipinski definition) is 0. The molecule has 1 saturated heterocycles. The Morgan fingerprint density at radius 2 is 0.380 bits per heavy atom. The van der Waals surface area contributed by atoms with Crippen molar-refractivity contribution in [2.24, 2.45) is 0 Å². The molecule has 1 nitrogen and oxygen atoms in total. The van der Waals surface area contributed by atoms with Crippen molar-refractivity contribution >= 4 is 28.0 Å². The zero-order valence-electron chi connectivity index (χ0n) is 23.4. The lowest BCUT2D eigenvalue weighted by Crippen LogP contribution is -2.81. The van der Waals surface area contributed by atoms with E-state index in [9.17, 15) is 52.7 Å². The van der Waals surface area contributed by atoms with E-state index >= 15 is 35.1 Å². The molecule has 4 aromatic carbocycles. The van der Waals surface area contributed by atoms with Gasteiger partial charge in [0, 0.05) is 12.8 Å². The fourth-order valence-corrected chi connectivity index (χ4v) is 5.43. The highest BCUT2D eigenvalue weighted by molar-refractivity contribution is 7.20. The SMILES string of the molecule is C1CC[OH+]C1.Fc1c(F)c(F)c([B-](c2c(F)c(F)c(F)c(F)c2F)(c2c(F)c(F)c(F)c(F)c2F)c2c(F)c(F)c(F)c(F)c2F)c(F)c1F. The molecule has 22 heteroatoms. The first-order chi connectivity index (χ1) is 23.2. The Morgan fingerprint density at radius 3 is 0.500 bits per heavy atom. The summed E-state index contributed by atoms with van der Waals surface area (Å²) in [4.78, 5) is 0. The van der Waals surface area contributed by atoms with Gasteiger partial charge in [0.2, 0.25) is 0 Å². The van der Waals surface area contributed by atoms with Crippen LogP contribution in [0.1, 0.15) is 12.8 Å². The van der Waals surface area contributed by atoms with E-state index in [2.05, 4.69) is 4.74 Å². The van der Waals surface area contributed by atoms with Crippen LogP contribution in [0, 0.1) is 116 Å². The van der Waals surface area contributed by atoms with Crippen LogP contribution in [-0.4, -0.2) is 24.1 Å². The third kappa shape index (κ3) is 5.41. The maximum atomic E-state index is 15.4. The van der Waals surface area contributed by atoms with Crippen molar-refractivity contribution < 1.29 is 92.5 Å². The predicted octanol–water partition coefficient (Wildman–Crippen LogP) is 6.15. The molecule has 1 heterocycles. The van der Waals surface area contributed by atoms with Crippen molar-refractivity contribution in [1.29, 1.82) is 0 Å². The van der Waals surface area contributed by atoms with Crippen LogP contribution >= 0.6 is 0 Å². The molecule has 1 N–H and O–H groups in total. The van der Waals surface area contributed by atoms with Crippen molar-refractivity contribution in [3.8, 4) is 0 Å². The number of hydrogen-bond acceptors (Lipinski definition) is 0. The van der Waals surface area contributed by atoms with Crippen LogP contribution < -0.4 is 21.9 Å². The minimum Gasteiger partial charge on any atom is -0.434 e. The maximum absolute atomic E-state index is 15.4. The van der Waals surface area contributed by atoms with Gasteiger partial charge in [0.1, 0.15) is 65.9 Å². The largest absolute Gasteiger partial charge is 0.434 e. The summed E-state index contributed by atoms with van der Waals surface area (Å²) in [6.45, 7) is 2.25. The first-order valence-corrected chi connectivity index (χ1v) is 13.1. The molecule has 4 aromatic rings. The van der Waals surface area contributed by atoms with Crippen LogP contribution in [0.3, 0.4) is 0 Å². The Hall–Kier alpha value is -4.50. The molecule has 50 heavy (non-hydrogen) atoms. The fourth-order valence-electron chi connectivity index (χ4n) is 5.43. The predicted molar refractivity (Wildman–Crippen MR) is 130 cm³/mol. The molecule has 1 fully saturated rings. The Bertz CT molecular complexity index is 1650. The van der Waals surface area contributed by atoms with E-state index in [4.69, 9.17) is 0 Å². The van der Waals surface area contributed by atoms with E-state index in [1.807, 2.05) is 0 Å². The van der Waals surface area contributed by atoms with E-state index in [0.717, 1.165) is 13.2 Å². The highest BCUT2D eigenvalue weighted by atomic mass is 19.2. The Labute approximate surface area is 263 Å². The second-order valence-corrected chi connectivity index (χ2v) is 10.2. The average molecular weight is 752 g/mol. The van der Waals surface area contributed by atoms with Gasteiger partial charge >= 0.3 is 0 Å². The lowest BCUT2D eigenvalue weighted by molar-refractivity contribution is 0.0102. The van der Waals surface area contributed by atoms with E-state index in [0.29, 0.717) is 0 Å². The van der Waals surface area contributed by atoms with Crippen molar-refractivity contribution in [2.75, 3.05) is 13.2 Å². The number of halogens is 20. The minimum atomic E-state index is -7.22. The molecule has 0 spiro atoms. The lowest BCUT2D eigenvalue weighted by atomic mass is 9.12. The van der Waals surface area contributed by atoms with Gasteiger partial charge in [0.15, 0.2) is 69.8 Å². The molecule has 0 radical (unpaired) electrons. The molecule has 0 saturated carbocycles. The van der Waals surface area contributed by atoms with Crippen LogP contribution in [0.4, 0.5) is 87.8 Å². The Morgan fingerprint density at radius 1 is 0.240 bits per heavy atom. The molecular weight excluding hydrogens is 743 g/mol. The fraction of sp³-hybridized carbons (Fsp3) is 0.143. The van der Waals surface area contributed by atoms with Gasteiger partial charge in [-0.1, -0.05) is 0 Å². The molecule has 270 valence electrons.